The summed E-state index contributed by atoms with van der Waals surface area (Å²) in [7, 11) is 1.94. The quantitative estimate of drug-likeness (QED) is 0.597. The number of nitrogens with zero attached hydrogens (tertiary/aromatic N) is 2. The van der Waals surface area contributed by atoms with Crippen molar-refractivity contribution in [1.82, 2.24) is 9.78 Å². The molecule has 0 bridgehead atoms. The fourth-order valence-electron chi connectivity index (χ4n) is 0.995. The maximum absolute atomic E-state index is 5.58. The standard InChI is InChI=1S/C7H11ClN2/c1-6-5-7(3-4-8)10(2)9-6/h5H,3-4H2,1-2H3. The van der Waals surface area contributed by atoms with Crippen LogP contribution in [0.25, 0.3) is 0 Å². The summed E-state index contributed by atoms with van der Waals surface area (Å²) in [5, 5.41) is 4.19. The Bertz CT molecular complexity index is 217. The minimum absolute atomic E-state index is 0.666. The number of hydrogen-bond donors (Lipinski definition) is 0. The zero-order valence-corrected chi connectivity index (χ0v) is 7.02. The molecule has 0 aliphatic heterocycles. The van der Waals surface area contributed by atoms with Crippen molar-refractivity contribution in [3.8, 4) is 0 Å². The topological polar surface area (TPSA) is 17.8 Å². The molecule has 0 atom stereocenters. The molecule has 0 fully saturated rings. The largest absolute Gasteiger partial charge is 0.272 e. The van der Waals surface area contributed by atoms with Crippen LogP contribution in [0, 0.1) is 6.92 Å². The zero-order chi connectivity index (χ0) is 7.56. The normalized spacial score (nSPS) is 10.3. The van der Waals surface area contributed by atoms with Crippen molar-refractivity contribution >= 4 is 11.6 Å². The van der Waals surface area contributed by atoms with Crippen LogP contribution in [0.5, 0.6) is 0 Å². The number of hydrogen-bond acceptors (Lipinski definition) is 1. The van der Waals surface area contributed by atoms with Crippen molar-refractivity contribution in [3.05, 3.63) is 17.5 Å². The summed E-state index contributed by atoms with van der Waals surface area (Å²) in [6, 6.07) is 2.06. The van der Waals surface area contributed by atoms with Crippen molar-refractivity contribution < 1.29 is 0 Å². The van der Waals surface area contributed by atoms with E-state index in [2.05, 4.69) is 11.2 Å². The van der Waals surface area contributed by atoms with Gasteiger partial charge in [0.25, 0.3) is 0 Å². The first-order valence-corrected chi connectivity index (χ1v) is 3.83. The van der Waals surface area contributed by atoms with Crippen molar-refractivity contribution in [3.63, 3.8) is 0 Å². The molecule has 0 N–H and O–H groups in total. The zero-order valence-electron chi connectivity index (χ0n) is 6.26. The minimum atomic E-state index is 0.666. The lowest BCUT2D eigenvalue weighted by Crippen LogP contribution is -1.98. The van der Waals surface area contributed by atoms with Gasteiger partial charge in [-0.05, 0) is 13.0 Å². The van der Waals surface area contributed by atoms with Gasteiger partial charge in [-0.15, -0.1) is 11.6 Å². The van der Waals surface area contributed by atoms with Crippen LogP contribution < -0.4 is 0 Å². The van der Waals surface area contributed by atoms with Crippen LogP contribution in [-0.4, -0.2) is 15.7 Å². The Kier molecular flexibility index (Phi) is 2.33. The van der Waals surface area contributed by atoms with Crippen LogP contribution in [0.4, 0.5) is 0 Å². The van der Waals surface area contributed by atoms with Gasteiger partial charge in [0.15, 0.2) is 0 Å². The summed E-state index contributed by atoms with van der Waals surface area (Å²) in [4.78, 5) is 0. The molecule has 0 aromatic carbocycles. The SMILES string of the molecule is Cc1cc(CCCl)n(C)n1. The molecule has 0 spiro atoms. The predicted octanol–water partition coefficient (Wildman–Crippen LogP) is 1.51. The maximum Gasteiger partial charge on any atom is 0.0596 e. The average molecular weight is 159 g/mol. The molecule has 10 heavy (non-hydrogen) atoms. The number of aryl methyl sites for hydroxylation is 3. The van der Waals surface area contributed by atoms with E-state index < -0.39 is 0 Å². The third kappa shape index (κ3) is 1.51. The molecule has 1 heterocycles. The third-order valence-corrected chi connectivity index (χ3v) is 1.64. The molecule has 1 rings (SSSR count). The van der Waals surface area contributed by atoms with Gasteiger partial charge in [0.1, 0.15) is 0 Å². The Morgan fingerprint density at radius 1 is 1.70 bits per heavy atom. The van der Waals surface area contributed by atoms with Crippen LogP contribution in [-0.2, 0) is 13.5 Å². The molecule has 1 aromatic rings. The van der Waals surface area contributed by atoms with Crippen molar-refractivity contribution in [2.75, 3.05) is 5.88 Å². The molecule has 0 aliphatic rings. The van der Waals surface area contributed by atoms with E-state index >= 15 is 0 Å². The van der Waals surface area contributed by atoms with Gasteiger partial charge in [0, 0.05) is 25.0 Å². The van der Waals surface area contributed by atoms with E-state index in [4.69, 9.17) is 11.6 Å². The van der Waals surface area contributed by atoms with Gasteiger partial charge < -0.3 is 0 Å². The summed E-state index contributed by atoms with van der Waals surface area (Å²) in [6.45, 7) is 1.98. The smallest absolute Gasteiger partial charge is 0.0596 e. The second-order valence-corrected chi connectivity index (χ2v) is 2.72. The van der Waals surface area contributed by atoms with E-state index in [0.717, 1.165) is 12.1 Å². The van der Waals surface area contributed by atoms with E-state index in [1.807, 2.05) is 18.7 Å². The molecule has 1 aromatic heterocycles. The predicted molar refractivity (Wildman–Crippen MR) is 42.4 cm³/mol. The molecule has 56 valence electrons. The summed E-state index contributed by atoms with van der Waals surface area (Å²) >= 11 is 5.58. The van der Waals surface area contributed by atoms with Crippen LogP contribution in [0.15, 0.2) is 6.07 Å². The van der Waals surface area contributed by atoms with Crippen LogP contribution in [0.3, 0.4) is 0 Å². The number of aromatic nitrogens is 2. The van der Waals surface area contributed by atoms with Gasteiger partial charge in [-0.25, -0.2) is 0 Å². The fraction of sp³-hybridized carbons (Fsp3) is 0.571. The van der Waals surface area contributed by atoms with Gasteiger partial charge in [-0.2, -0.15) is 5.10 Å². The number of halogens is 1. The Balaban J connectivity index is 2.81. The average Bonchev–Trinajstić information content (AvgIpc) is 2.13. The Morgan fingerprint density at radius 3 is 2.80 bits per heavy atom. The lowest BCUT2D eigenvalue weighted by Gasteiger charge is -1.95. The van der Waals surface area contributed by atoms with E-state index in [-0.39, 0.29) is 0 Å². The van der Waals surface area contributed by atoms with Crippen LogP contribution in [0.2, 0.25) is 0 Å². The minimum Gasteiger partial charge on any atom is -0.272 e. The highest BCUT2D eigenvalue weighted by molar-refractivity contribution is 6.17. The van der Waals surface area contributed by atoms with Crippen LogP contribution >= 0.6 is 11.6 Å². The van der Waals surface area contributed by atoms with Crippen molar-refractivity contribution in [2.24, 2.45) is 7.05 Å². The molecule has 0 saturated heterocycles. The number of alkyl halides is 1. The van der Waals surface area contributed by atoms with E-state index in [1.54, 1.807) is 0 Å². The molecule has 0 amide bonds. The Morgan fingerprint density at radius 2 is 2.40 bits per heavy atom. The second kappa shape index (κ2) is 3.06. The monoisotopic (exact) mass is 158 g/mol. The summed E-state index contributed by atoms with van der Waals surface area (Å²) < 4.78 is 1.87. The number of rotatable bonds is 2. The molecule has 0 aliphatic carbocycles. The van der Waals surface area contributed by atoms with E-state index in [1.165, 1.54) is 5.69 Å². The molecule has 2 nitrogen and oxygen atoms in total. The van der Waals surface area contributed by atoms with Gasteiger partial charge in [0.05, 0.1) is 5.69 Å². The fourth-order valence-corrected chi connectivity index (χ4v) is 1.19. The third-order valence-electron chi connectivity index (χ3n) is 1.45. The van der Waals surface area contributed by atoms with Gasteiger partial charge in [0.2, 0.25) is 0 Å². The maximum atomic E-state index is 5.58. The molecule has 0 saturated carbocycles. The van der Waals surface area contributed by atoms with Crippen LogP contribution in [0.1, 0.15) is 11.4 Å². The summed E-state index contributed by atoms with van der Waals surface area (Å²) in [5.41, 5.74) is 2.26. The van der Waals surface area contributed by atoms with E-state index in [9.17, 15) is 0 Å². The summed E-state index contributed by atoms with van der Waals surface area (Å²) in [5.74, 6) is 0.666. The highest BCUT2D eigenvalue weighted by Crippen LogP contribution is 2.02. The molecule has 3 heteroatoms. The summed E-state index contributed by atoms with van der Waals surface area (Å²) in [6.07, 6.45) is 0.902. The first-order chi connectivity index (χ1) is 4.74. The molecule has 0 unspecified atom stereocenters. The van der Waals surface area contributed by atoms with Crippen molar-refractivity contribution in [2.45, 2.75) is 13.3 Å². The Labute approximate surface area is 65.8 Å². The molecule has 0 radical (unpaired) electrons. The lowest BCUT2D eigenvalue weighted by molar-refractivity contribution is 0.712. The second-order valence-electron chi connectivity index (χ2n) is 2.34. The Hall–Kier alpha value is -0.500. The van der Waals surface area contributed by atoms with Gasteiger partial charge in [-0.1, -0.05) is 0 Å². The highest BCUT2D eigenvalue weighted by Gasteiger charge is 1.98. The lowest BCUT2D eigenvalue weighted by atomic mass is 10.3. The first-order valence-electron chi connectivity index (χ1n) is 3.29. The van der Waals surface area contributed by atoms with Gasteiger partial charge in [-0.3, -0.25) is 4.68 Å². The molecular weight excluding hydrogens is 148 g/mol. The highest BCUT2D eigenvalue weighted by atomic mass is 35.5. The van der Waals surface area contributed by atoms with Crippen molar-refractivity contribution in [1.29, 1.82) is 0 Å². The van der Waals surface area contributed by atoms with E-state index in [0.29, 0.717) is 5.88 Å². The first kappa shape index (κ1) is 7.61. The molecular formula is C7H11ClN2. The van der Waals surface area contributed by atoms with Gasteiger partial charge >= 0.3 is 0 Å².